The molecule has 0 aromatic rings. The zero-order valence-electron chi connectivity index (χ0n) is 13.3. The highest BCUT2D eigenvalue weighted by atomic mass is 16.4. The van der Waals surface area contributed by atoms with Gasteiger partial charge >= 0.3 is 5.97 Å². The lowest BCUT2D eigenvalue weighted by molar-refractivity contribution is -0.138. The fourth-order valence-electron chi connectivity index (χ4n) is 2.61. The summed E-state index contributed by atoms with van der Waals surface area (Å²) in [5.41, 5.74) is 0. The highest BCUT2D eigenvalue weighted by Crippen LogP contribution is 2.17. The molecule has 0 atom stereocenters. The summed E-state index contributed by atoms with van der Waals surface area (Å²) in [6, 6.07) is 0.320. The van der Waals surface area contributed by atoms with Crippen LogP contribution in [0.3, 0.4) is 0 Å². The van der Waals surface area contributed by atoms with E-state index in [2.05, 4.69) is 5.32 Å². The van der Waals surface area contributed by atoms with Gasteiger partial charge in [0.15, 0.2) is 0 Å². The standard InChI is InChI=1S/C15H29N3O3/c1-17(2)10-11-18(12-15(20)21)9-8-14(19)16-13-6-4-3-5-7-13/h13H,3-12H2,1-2H3,(H,16,19)(H,20,21). The maximum absolute atomic E-state index is 11.9. The Bertz CT molecular complexity index is 328. The summed E-state index contributed by atoms with van der Waals surface area (Å²) in [7, 11) is 3.91. The Morgan fingerprint density at radius 3 is 2.33 bits per heavy atom. The van der Waals surface area contributed by atoms with Gasteiger partial charge in [0.25, 0.3) is 0 Å². The van der Waals surface area contributed by atoms with E-state index in [1.165, 1.54) is 19.3 Å². The molecule has 0 aromatic heterocycles. The predicted molar refractivity (Wildman–Crippen MR) is 82.3 cm³/mol. The average Bonchev–Trinajstić information content (AvgIpc) is 2.42. The van der Waals surface area contributed by atoms with Crippen LogP contribution < -0.4 is 5.32 Å². The van der Waals surface area contributed by atoms with E-state index in [4.69, 9.17) is 5.11 Å². The van der Waals surface area contributed by atoms with Gasteiger partial charge in [0, 0.05) is 32.1 Å². The number of rotatable bonds is 9. The monoisotopic (exact) mass is 299 g/mol. The molecule has 1 fully saturated rings. The summed E-state index contributed by atoms with van der Waals surface area (Å²) in [6.45, 7) is 1.94. The van der Waals surface area contributed by atoms with Crippen LogP contribution in [0.25, 0.3) is 0 Å². The van der Waals surface area contributed by atoms with Crippen molar-refractivity contribution in [1.29, 1.82) is 0 Å². The lowest BCUT2D eigenvalue weighted by Gasteiger charge is -2.24. The van der Waals surface area contributed by atoms with Crippen molar-refractivity contribution in [2.75, 3.05) is 40.3 Å². The van der Waals surface area contributed by atoms with E-state index in [9.17, 15) is 9.59 Å². The molecule has 0 aromatic carbocycles. The van der Waals surface area contributed by atoms with E-state index in [1.807, 2.05) is 23.9 Å². The quantitative estimate of drug-likeness (QED) is 0.658. The van der Waals surface area contributed by atoms with Crippen molar-refractivity contribution in [1.82, 2.24) is 15.1 Å². The average molecular weight is 299 g/mol. The fraction of sp³-hybridized carbons (Fsp3) is 0.867. The van der Waals surface area contributed by atoms with E-state index in [-0.39, 0.29) is 12.5 Å². The number of aliphatic carboxylic acids is 1. The summed E-state index contributed by atoms with van der Waals surface area (Å²) >= 11 is 0. The normalized spacial score (nSPS) is 16.4. The Balaban J connectivity index is 2.29. The molecule has 1 aliphatic carbocycles. The van der Waals surface area contributed by atoms with Crippen LogP contribution in [-0.4, -0.2) is 73.1 Å². The van der Waals surface area contributed by atoms with Crippen molar-refractivity contribution in [2.24, 2.45) is 0 Å². The molecular formula is C15H29N3O3. The third kappa shape index (κ3) is 8.67. The number of nitrogens with zero attached hydrogens (tertiary/aromatic N) is 2. The van der Waals surface area contributed by atoms with Crippen LogP contribution in [0.2, 0.25) is 0 Å². The molecule has 6 nitrogen and oxygen atoms in total. The lowest BCUT2D eigenvalue weighted by atomic mass is 9.95. The number of hydrogen-bond acceptors (Lipinski definition) is 4. The zero-order valence-corrected chi connectivity index (χ0v) is 13.3. The molecule has 0 heterocycles. The molecule has 1 rings (SSSR count). The second kappa shape index (κ2) is 9.73. The minimum atomic E-state index is -0.846. The molecule has 0 aliphatic heterocycles. The van der Waals surface area contributed by atoms with Crippen LogP contribution in [0.15, 0.2) is 0 Å². The van der Waals surface area contributed by atoms with Gasteiger partial charge in [-0.1, -0.05) is 19.3 Å². The van der Waals surface area contributed by atoms with Gasteiger partial charge in [-0.2, -0.15) is 0 Å². The molecule has 122 valence electrons. The smallest absolute Gasteiger partial charge is 0.317 e. The Labute approximate surface area is 127 Å². The molecule has 0 unspecified atom stereocenters. The molecule has 21 heavy (non-hydrogen) atoms. The van der Waals surface area contributed by atoms with E-state index in [0.717, 1.165) is 19.4 Å². The summed E-state index contributed by atoms with van der Waals surface area (Å²) in [5.74, 6) is -0.802. The van der Waals surface area contributed by atoms with Gasteiger partial charge in [0.2, 0.25) is 5.91 Å². The number of amides is 1. The van der Waals surface area contributed by atoms with E-state index in [0.29, 0.717) is 25.6 Å². The highest BCUT2D eigenvalue weighted by Gasteiger charge is 2.17. The molecule has 1 aliphatic rings. The van der Waals surface area contributed by atoms with Crippen molar-refractivity contribution in [2.45, 2.75) is 44.6 Å². The molecule has 2 N–H and O–H groups in total. The topological polar surface area (TPSA) is 72.9 Å². The molecule has 0 bridgehead atoms. The number of carbonyl (C=O) groups excluding carboxylic acids is 1. The Morgan fingerprint density at radius 2 is 1.76 bits per heavy atom. The summed E-state index contributed by atoms with van der Waals surface area (Å²) < 4.78 is 0. The SMILES string of the molecule is CN(C)CCN(CCC(=O)NC1CCCCC1)CC(=O)O. The van der Waals surface area contributed by atoms with Crippen molar-refractivity contribution in [3.8, 4) is 0 Å². The zero-order chi connectivity index (χ0) is 15.7. The third-order valence-corrected chi connectivity index (χ3v) is 3.85. The van der Waals surface area contributed by atoms with Gasteiger partial charge in [-0.15, -0.1) is 0 Å². The number of carboxylic acid groups (broad SMARTS) is 1. The largest absolute Gasteiger partial charge is 0.480 e. The van der Waals surface area contributed by atoms with Gasteiger partial charge < -0.3 is 15.3 Å². The second-order valence-electron chi connectivity index (χ2n) is 6.13. The Morgan fingerprint density at radius 1 is 1.10 bits per heavy atom. The number of carboxylic acids is 1. The van der Waals surface area contributed by atoms with Gasteiger partial charge in [-0.25, -0.2) is 0 Å². The Hall–Kier alpha value is -1.14. The van der Waals surface area contributed by atoms with Crippen molar-refractivity contribution in [3.63, 3.8) is 0 Å². The first-order valence-electron chi connectivity index (χ1n) is 7.85. The number of carbonyl (C=O) groups is 2. The van der Waals surface area contributed by atoms with Crippen LogP contribution in [0.4, 0.5) is 0 Å². The van der Waals surface area contributed by atoms with E-state index in [1.54, 1.807) is 0 Å². The number of hydrogen-bond donors (Lipinski definition) is 2. The molecule has 1 amide bonds. The molecule has 0 spiro atoms. The van der Waals surface area contributed by atoms with E-state index >= 15 is 0 Å². The first-order chi connectivity index (χ1) is 9.97. The lowest BCUT2D eigenvalue weighted by Crippen LogP contribution is -2.40. The first-order valence-corrected chi connectivity index (χ1v) is 7.85. The fourth-order valence-corrected chi connectivity index (χ4v) is 2.61. The van der Waals surface area contributed by atoms with Crippen molar-refractivity contribution in [3.05, 3.63) is 0 Å². The maximum Gasteiger partial charge on any atom is 0.317 e. The van der Waals surface area contributed by atoms with Crippen LogP contribution in [0, 0.1) is 0 Å². The number of likely N-dealkylation sites (N-methyl/N-ethyl adjacent to an activating group) is 1. The van der Waals surface area contributed by atoms with Gasteiger partial charge in [-0.3, -0.25) is 14.5 Å². The van der Waals surface area contributed by atoms with Crippen LogP contribution >= 0.6 is 0 Å². The van der Waals surface area contributed by atoms with Crippen LogP contribution in [0.5, 0.6) is 0 Å². The highest BCUT2D eigenvalue weighted by molar-refractivity contribution is 5.76. The second-order valence-corrected chi connectivity index (χ2v) is 6.13. The summed E-state index contributed by atoms with van der Waals surface area (Å²) in [4.78, 5) is 26.6. The van der Waals surface area contributed by atoms with Gasteiger partial charge in [0.1, 0.15) is 0 Å². The maximum atomic E-state index is 11.9. The van der Waals surface area contributed by atoms with Crippen molar-refractivity contribution < 1.29 is 14.7 Å². The minimum Gasteiger partial charge on any atom is -0.480 e. The third-order valence-electron chi connectivity index (χ3n) is 3.85. The molecule has 6 heteroatoms. The van der Waals surface area contributed by atoms with Crippen LogP contribution in [-0.2, 0) is 9.59 Å². The van der Waals surface area contributed by atoms with Crippen molar-refractivity contribution >= 4 is 11.9 Å². The minimum absolute atomic E-state index is 0.00938. The van der Waals surface area contributed by atoms with Gasteiger partial charge in [0.05, 0.1) is 6.54 Å². The summed E-state index contributed by atoms with van der Waals surface area (Å²) in [6.07, 6.45) is 6.18. The van der Waals surface area contributed by atoms with Gasteiger partial charge in [-0.05, 0) is 26.9 Å². The molecule has 0 saturated heterocycles. The Kier molecular flexibility index (Phi) is 8.30. The van der Waals surface area contributed by atoms with E-state index < -0.39 is 5.97 Å². The molecule has 0 radical (unpaired) electrons. The number of nitrogens with one attached hydrogen (secondary N) is 1. The van der Waals surface area contributed by atoms with Crippen LogP contribution in [0.1, 0.15) is 38.5 Å². The first kappa shape index (κ1) is 17.9. The summed E-state index contributed by atoms with van der Waals surface area (Å²) in [5, 5.41) is 12.0. The molecular weight excluding hydrogens is 270 g/mol. The predicted octanol–water partition coefficient (Wildman–Crippen LogP) is 0.774. The molecule has 1 saturated carbocycles.